The molecule has 1 aromatic carbocycles. The van der Waals surface area contributed by atoms with Crippen molar-refractivity contribution in [2.24, 2.45) is 0 Å². The maximum atomic E-state index is 9.17. The molecule has 0 radical (unpaired) electrons. The molecule has 1 aromatic rings. The second-order valence-electron chi connectivity index (χ2n) is 4.59. The highest BCUT2D eigenvalue weighted by atomic mass is 16.5. The molecule has 0 heterocycles. The summed E-state index contributed by atoms with van der Waals surface area (Å²) < 4.78 is 5.60. The fourth-order valence-electron chi connectivity index (χ4n) is 1.69. The van der Waals surface area contributed by atoms with Crippen LogP contribution in [0.3, 0.4) is 0 Å². The highest BCUT2D eigenvalue weighted by Gasteiger charge is 1.98. The molecule has 17 heavy (non-hydrogen) atoms. The second-order valence-corrected chi connectivity index (χ2v) is 4.59. The third-order valence-corrected chi connectivity index (χ3v) is 2.78. The van der Waals surface area contributed by atoms with Crippen LogP contribution in [0.4, 0.5) is 0 Å². The minimum atomic E-state index is -0.188. The summed E-state index contributed by atoms with van der Waals surface area (Å²) >= 11 is 0. The standard InChI is InChI=1S/C15H24O2/c1-3-4-12-17-15-10-8-14(9-11-15)7-5-6-13(2)16/h8-11,13,16H,3-7,12H2,1-2H3. The van der Waals surface area contributed by atoms with Crippen molar-refractivity contribution in [2.75, 3.05) is 6.61 Å². The highest BCUT2D eigenvalue weighted by molar-refractivity contribution is 5.27. The summed E-state index contributed by atoms with van der Waals surface area (Å²) in [5, 5.41) is 9.17. The van der Waals surface area contributed by atoms with E-state index in [0.717, 1.165) is 44.5 Å². The monoisotopic (exact) mass is 236 g/mol. The Kier molecular flexibility index (Phi) is 6.71. The van der Waals surface area contributed by atoms with E-state index in [1.807, 2.05) is 19.1 Å². The Hall–Kier alpha value is -1.02. The molecule has 0 aliphatic carbocycles. The van der Waals surface area contributed by atoms with Gasteiger partial charge < -0.3 is 9.84 Å². The summed E-state index contributed by atoms with van der Waals surface area (Å²) in [6, 6.07) is 8.30. The Labute approximate surface area is 105 Å². The van der Waals surface area contributed by atoms with E-state index in [1.165, 1.54) is 5.56 Å². The van der Waals surface area contributed by atoms with Crippen molar-refractivity contribution < 1.29 is 9.84 Å². The Morgan fingerprint density at radius 1 is 1.18 bits per heavy atom. The fourth-order valence-corrected chi connectivity index (χ4v) is 1.69. The second kappa shape index (κ2) is 8.13. The summed E-state index contributed by atoms with van der Waals surface area (Å²) in [6.45, 7) is 4.80. The van der Waals surface area contributed by atoms with E-state index >= 15 is 0 Å². The number of hydrogen-bond acceptors (Lipinski definition) is 2. The molecule has 1 atom stereocenters. The third kappa shape index (κ3) is 6.32. The topological polar surface area (TPSA) is 29.5 Å². The van der Waals surface area contributed by atoms with Gasteiger partial charge in [0.05, 0.1) is 12.7 Å². The van der Waals surface area contributed by atoms with E-state index in [9.17, 15) is 5.11 Å². The van der Waals surface area contributed by atoms with Crippen LogP contribution in [0.5, 0.6) is 5.75 Å². The van der Waals surface area contributed by atoms with Crippen molar-refractivity contribution in [1.29, 1.82) is 0 Å². The van der Waals surface area contributed by atoms with E-state index < -0.39 is 0 Å². The minimum Gasteiger partial charge on any atom is -0.494 e. The van der Waals surface area contributed by atoms with Gasteiger partial charge in [-0.2, -0.15) is 0 Å². The third-order valence-electron chi connectivity index (χ3n) is 2.78. The van der Waals surface area contributed by atoms with E-state index in [1.54, 1.807) is 0 Å². The molecular formula is C15H24O2. The van der Waals surface area contributed by atoms with Gasteiger partial charge in [0.25, 0.3) is 0 Å². The van der Waals surface area contributed by atoms with E-state index in [0.29, 0.717) is 0 Å². The average molecular weight is 236 g/mol. The van der Waals surface area contributed by atoms with Crippen LogP contribution in [0, 0.1) is 0 Å². The molecule has 96 valence electrons. The van der Waals surface area contributed by atoms with Crippen LogP contribution in [-0.2, 0) is 6.42 Å². The van der Waals surface area contributed by atoms with Crippen LogP contribution in [0.25, 0.3) is 0 Å². The molecule has 0 saturated carbocycles. The molecule has 0 aliphatic rings. The van der Waals surface area contributed by atoms with Crippen LogP contribution in [0.2, 0.25) is 0 Å². The van der Waals surface area contributed by atoms with Crippen molar-refractivity contribution in [3.8, 4) is 5.75 Å². The van der Waals surface area contributed by atoms with Gasteiger partial charge in [-0.1, -0.05) is 25.5 Å². The molecule has 1 rings (SSSR count). The lowest BCUT2D eigenvalue weighted by Crippen LogP contribution is -2.00. The number of aryl methyl sites for hydroxylation is 1. The normalized spacial score (nSPS) is 12.4. The number of aliphatic hydroxyl groups excluding tert-OH is 1. The number of rotatable bonds is 8. The molecular weight excluding hydrogens is 212 g/mol. The maximum Gasteiger partial charge on any atom is 0.119 e. The van der Waals surface area contributed by atoms with Gasteiger partial charge in [-0.05, 0) is 50.3 Å². The molecule has 0 aliphatic heterocycles. The number of unbranched alkanes of at least 4 members (excludes halogenated alkanes) is 1. The largest absolute Gasteiger partial charge is 0.494 e. The van der Waals surface area contributed by atoms with Gasteiger partial charge in [0.1, 0.15) is 5.75 Å². The number of aliphatic hydroxyl groups is 1. The lowest BCUT2D eigenvalue weighted by molar-refractivity contribution is 0.181. The van der Waals surface area contributed by atoms with Crippen LogP contribution in [0.1, 0.15) is 45.1 Å². The summed E-state index contributed by atoms with van der Waals surface area (Å²) in [5.74, 6) is 0.956. The number of benzene rings is 1. The summed E-state index contributed by atoms with van der Waals surface area (Å²) in [7, 11) is 0. The predicted molar refractivity (Wildman–Crippen MR) is 71.5 cm³/mol. The zero-order valence-electron chi connectivity index (χ0n) is 11.0. The first-order valence-electron chi connectivity index (χ1n) is 6.62. The molecule has 1 unspecified atom stereocenters. The van der Waals surface area contributed by atoms with Crippen molar-refractivity contribution in [3.63, 3.8) is 0 Å². The van der Waals surface area contributed by atoms with Crippen molar-refractivity contribution in [3.05, 3.63) is 29.8 Å². The molecule has 0 spiro atoms. The first-order valence-corrected chi connectivity index (χ1v) is 6.62. The lowest BCUT2D eigenvalue weighted by Gasteiger charge is -2.07. The summed E-state index contributed by atoms with van der Waals surface area (Å²) in [5.41, 5.74) is 1.31. The van der Waals surface area contributed by atoms with Crippen molar-refractivity contribution in [2.45, 2.75) is 52.1 Å². The lowest BCUT2D eigenvalue weighted by atomic mass is 10.1. The van der Waals surface area contributed by atoms with Crippen LogP contribution in [0.15, 0.2) is 24.3 Å². The highest BCUT2D eigenvalue weighted by Crippen LogP contribution is 2.14. The van der Waals surface area contributed by atoms with Crippen LogP contribution in [-0.4, -0.2) is 17.8 Å². The summed E-state index contributed by atoms with van der Waals surface area (Å²) in [4.78, 5) is 0. The zero-order valence-corrected chi connectivity index (χ0v) is 11.0. The predicted octanol–water partition coefficient (Wildman–Crippen LogP) is 3.57. The Balaban J connectivity index is 2.29. The van der Waals surface area contributed by atoms with Gasteiger partial charge in [-0.3, -0.25) is 0 Å². The maximum absolute atomic E-state index is 9.17. The zero-order chi connectivity index (χ0) is 12.5. The molecule has 2 nitrogen and oxygen atoms in total. The van der Waals surface area contributed by atoms with Gasteiger partial charge in [-0.25, -0.2) is 0 Å². The van der Waals surface area contributed by atoms with E-state index in [4.69, 9.17) is 4.74 Å². The average Bonchev–Trinajstić information content (AvgIpc) is 2.31. The van der Waals surface area contributed by atoms with Gasteiger partial charge in [0, 0.05) is 0 Å². The van der Waals surface area contributed by atoms with Crippen molar-refractivity contribution in [1.82, 2.24) is 0 Å². The summed E-state index contributed by atoms with van der Waals surface area (Å²) in [6.07, 6.45) is 5.02. The number of ether oxygens (including phenoxy) is 1. The van der Waals surface area contributed by atoms with Gasteiger partial charge >= 0.3 is 0 Å². The molecule has 2 heteroatoms. The van der Waals surface area contributed by atoms with Gasteiger partial charge in [0.15, 0.2) is 0 Å². The molecule has 0 fully saturated rings. The Bertz CT molecular complexity index is 290. The van der Waals surface area contributed by atoms with Crippen LogP contribution < -0.4 is 4.74 Å². The fraction of sp³-hybridized carbons (Fsp3) is 0.600. The molecule has 0 aromatic heterocycles. The molecule has 0 amide bonds. The van der Waals surface area contributed by atoms with Gasteiger partial charge in [-0.15, -0.1) is 0 Å². The quantitative estimate of drug-likeness (QED) is 0.699. The number of hydrogen-bond donors (Lipinski definition) is 1. The van der Waals surface area contributed by atoms with Gasteiger partial charge in [0.2, 0.25) is 0 Å². The molecule has 1 N–H and O–H groups in total. The Morgan fingerprint density at radius 2 is 1.88 bits per heavy atom. The SMILES string of the molecule is CCCCOc1ccc(CCCC(C)O)cc1. The van der Waals surface area contributed by atoms with Crippen LogP contribution >= 0.6 is 0 Å². The van der Waals surface area contributed by atoms with E-state index in [2.05, 4.69) is 19.1 Å². The first kappa shape index (κ1) is 14.0. The van der Waals surface area contributed by atoms with Crippen molar-refractivity contribution >= 4 is 0 Å². The van der Waals surface area contributed by atoms with E-state index in [-0.39, 0.29) is 6.10 Å². The Morgan fingerprint density at radius 3 is 2.47 bits per heavy atom. The molecule has 0 bridgehead atoms. The smallest absolute Gasteiger partial charge is 0.119 e. The minimum absolute atomic E-state index is 0.188. The first-order chi connectivity index (χ1) is 8.22. The molecule has 0 saturated heterocycles.